The van der Waals surface area contributed by atoms with Gasteiger partial charge in [0.05, 0.1) is 30.0 Å². The Balaban J connectivity index is 1.61. The number of carbonyl (C=O) groups excluding carboxylic acids is 4. The van der Waals surface area contributed by atoms with Crippen molar-refractivity contribution in [1.82, 2.24) is 15.5 Å². The highest BCUT2D eigenvalue weighted by atomic mass is 16.5. The van der Waals surface area contributed by atoms with Crippen molar-refractivity contribution in [3.05, 3.63) is 46.7 Å². The van der Waals surface area contributed by atoms with E-state index in [4.69, 9.17) is 9.47 Å². The molecule has 154 valence electrons. The molecule has 3 amide bonds. The number of nitrogens with zero attached hydrogens (tertiary/aromatic N) is 1. The maximum Gasteiger partial charge on any atom is 0.338 e. The summed E-state index contributed by atoms with van der Waals surface area (Å²) in [7, 11) is 0. The van der Waals surface area contributed by atoms with Gasteiger partial charge in [-0.3, -0.25) is 4.79 Å². The van der Waals surface area contributed by atoms with Gasteiger partial charge in [0.1, 0.15) is 6.61 Å². The number of ether oxygens (including phenoxy) is 2. The molecule has 0 spiro atoms. The minimum absolute atomic E-state index is 0.00146. The molecule has 0 aliphatic carbocycles. The van der Waals surface area contributed by atoms with Crippen molar-refractivity contribution in [3.8, 4) is 0 Å². The van der Waals surface area contributed by atoms with Gasteiger partial charge in [0, 0.05) is 19.5 Å². The molecule has 9 heteroatoms. The van der Waals surface area contributed by atoms with Gasteiger partial charge in [-0.05, 0) is 31.0 Å². The van der Waals surface area contributed by atoms with Gasteiger partial charge in [-0.15, -0.1) is 0 Å². The minimum atomic E-state index is -0.586. The molecule has 1 fully saturated rings. The maximum atomic E-state index is 12.3. The number of esters is 2. The lowest BCUT2D eigenvalue weighted by atomic mass is 10.1. The maximum absolute atomic E-state index is 12.3. The Hall–Kier alpha value is -3.36. The Morgan fingerprint density at radius 1 is 1.10 bits per heavy atom. The van der Waals surface area contributed by atoms with Crippen molar-refractivity contribution in [2.45, 2.75) is 26.3 Å². The molecule has 0 saturated carbocycles. The summed E-state index contributed by atoms with van der Waals surface area (Å²) < 4.78 is 10.2. The van der Waals surface area contributed by atoms with Crippen LogP contribution < -0.4 is 10.6 Å². The highest BCUT2D eigenvalue weighted by Crippen LogP contribution is 2.15. The number of likely N-dealkylation sites (tertiary alicyclic amines) is 1. The zero-order valence-corrected chi connectivity index (χ0v) is 16.2. The number of benzene rings is 1. The van der Waals surface area contributed by atoms with E-state index in [2.05, 4.69) is 10.6 Å². The predicted octanol–water partition coefficient (Wildman–Crippen LogP) is 1.10. The fourth-order valence-electron chi connectivity index (χ4n) is 3.13. The highest BCUT2D eigenvalue weighted by molar-refractivity contribution is 5.94. The molecule has 1 aromatic carbocycles. The first kappa shape index (κ1) is 20.4. The van der Waals surface area contributed by atoms with E-state index in [0.717, 1.165) is 18.5 Å². The largest absolute Gasteiger partial charge is 0.463 e. The van der Waals surface area contributed by atoms with Crippen molar-refractivity contribution in [3.63, 3.8) is 0 Å². The molecule has 1 aromatic rings. The second-order valence-electron chi connectivity index (χ2n) is 6.68. The summed E-state index contributed by atoms with van der Waals surface area (Å²) in [6, 6.07) is 6.32. The summed E-state index contributed by atoms with van der Waals surface area (Å²) in [4.78, 5) is 49.4. The molecule has 2 aliphatic rings. The van der Waals surface area contributed by atoms with Crippen molar-refractivity contribution < 1.29 is 28.7 Å². The number of amides is 3. The number of nitrogens with one attached hydrogen (secondary N) is 2. The van der Waals surface area contributed by atoms with Crippen LogP contribution in [0.2, 0.25) is 0 Å². The molecular weight excluding hydrogens is 378 g/mol. The molecule has 0 radical (unpaired) electrons. The molecule has 3 rings (SSSR count). The molecule has 1 saturated heterocycles. The number of hydrogen-bond donors (Lipinski definition) is 2. The number of carbonyl (C=O) groups is 4. The van der Waals surface area contributed by atoms with Crippen molar-refractivity contribution in [2.75, 3.05) is 26.3 Å². The highest BCUT2D eigenvalue weighted by Gasteiger charge is 2.25. The van der Waals surface area contributed by atoms with E-state index in [0.29, 0.717) is 18.5 Å². The normalized spacial score (nSPS) is 16.4. The molecule has 0 bridgehead atoms. The summed E-state index contributed by atoms with van der Waals surface area (Å²) in [5, 5.41) is 4.96. The Bertz CT molecular complexity index is 846. The topological polar surface area (TPSA) is 114 Å². The smallest absolute Gasteiger partial charge is 0.338 e. The summed E-state index contributed by atoms with van der Waals surface area (Å²) in [5.41, 5.74) is 1.67. The third-order valence-electron chi connectivity index (χ3n) is 4.66. The third kappa shape index (κ3) is 5.13. The standard InChI is InChI=1S/C20H23N3O6/c1-2-28-19(26)15-10-21-20(27)22-16(15)12-29-18(25)14-7-5-13(6-8-14)11-23-9-3-4-17(23)24/h5-8H,2-4,9-12H2,1H3,(H2,21,22,27). The first-order chi connectivity index (χ1) is 14.0. The molecule has 29 heavy (non-hydrogen) atoms. The van der Waals surface area contributed by atoms with Crippen LogP contribution in [0.25, 0.3) is 0 Å². The average molecular weight is 401 g/mol. The molecule has 9 nitrogen and oxygen atoms in total. The molecule has 2 heterocycles. The number of urea groups is 1. The van der Waals surface area contributed by atoms with E-state index in [1.165, 1.54) is 0 Å². The lowest BCUT2D eigenvalue weighted by Gasteiger charge is -2.21. The van der Waals surface area contributed by atoms with Gasteiger partial charge in [0.2, 0.25) is 5.91 Å². The second kappa shape index (κ2) is 9.22. The second-order valence-corrected chi connectivity index (χ2v) is 6.68. The molecule has 2 N–H and O–H groups in total. The van der Waals surface area contributed by atoms with E-state index in [-0.39, 0.29) is 36.9 Å². The van der Waals surface area contributed by atoms with Crippen LogP contribution in [0.3, 0.4) is 0 Å². The lowest BCUT2D eigenvalue weighted by molar-refractivity contribution is -0.138. The van der Waals surface area contributed by atoms with Crippen LogP contribution in [0, 0.1) is 0 Å². The van der Waals surface area contributed by atoms with Gasteiger partial charge >= 0.3 is 18.0 Å². The first-order valence-electron chi connectivity index (χ1n) is 9.45. The van der Waals surface area contributed by atoms with Crippen LogP contribution in [0.1, 0.15) is 35.7 Å². The first-order valence-corrected chi connectivity index (χ1v) is 9.45. The van der Waals surface area contributed by atoms with Crippen molar-refractivity contribution in [1.29, 1.82) is 0 Å². The molecule has 2 aliphatic heterocycles. The SMILES string of the molecule is CCOC(=O)C1=C(COC(=O)c2ccc(CN3CCCC3=O)cc2)NC(=O)NC1. The predicted molar refractivity (Wildman–Crippen MR) is 102 cm³/mol. The Labute approximate surface area is 168 Å². The van der Waals surface area contributed by atoms with Gasteiger partial charge in [0.25, 0.3) is 0 Å². The van der Waals surface area contributed by atoms with E-state index in [9.17, 15) is 19.2 Å². The minimum Gasteiger partial charge on any atom is -0.463 e. The van der Waals surface area contributed by atoms with Crippen LogP contribution in [0.15, 0.2) is 35.5 Å². The van der Waals surface area contributed by atoms with Gasteiger partial charge in [-0.2, -0.15) is 0 Å². The molecular formula is C20H23N3O6. The van der Waals surface area contributed by atoms with E-state index in [1.54, 1.807) is 36.1 Å². The molecule has 0 atom stereocenters. The van der Waals surface area contributed by atoms with Crippen molar-refractivity contribution in [2.24, 2.45) is 0 Å². The Kier molecular flexibility index (Phi) is 6.48. The third-order valence-corrected chi connectivity index (χ3v) is 4.66. The lowest BCUT2D eigenvalue weighted by Crippen LogP contribution is -2.45. The van der Waals surface area contributed by atoms with Crippen molar-refractivity contribution >= 4 is 23.9 Å². The van der Waals surface area contributed by atoms with Gasteiger partial charge in [-0.1, -0.05) is 12.1 Å². The van der Waals surface area contributed by atoms with E-state index >= 15 is 0 Å². The van der Waals surface area contributed by atoms with E-state index < -0.39 is 18.0 Å². The Morgan fingerprint density at radius 2 is 1.86 bits per heavy atom. The summed E-state index contributed by atoms with van der Waals surface area (Å²) in [6.07, 6.45) is 1.46. The fourth-order valence-corrected chi connectivity index (χ4v) is 3.13. The number of hydrogen-bond acceptors (Lipinski definition) is 6. The van der Waals surface area contributed by atoms with E-state index in [1.807, 2.05) is 0 Å². The van der Waals surface area contributed by atoms with Crippen LogP contribution in [0.4, 0.5) is 4.79 Å². The molecule has 0 aromatic heterocycles. The van der Waals surface area contributed by atoms with Crippen LogP contribution in [-0.4, -0.2) is 55.1 Å². The van der Waals surface area contributed by atoms with Crippen LogP contribution in [0.5, 0.6) is 0 Å². The van der Waals surface area contributed by atoms with Gasteiger partial charge in [-0.25, -0.2) is 14.4 Å². The summed E-state index contributed by atoms with van der Waals surface area (Å²) in [6.45, 7) is 2.88. The quantitative estimate of drug-likeness (QED) is 0.662. The van der Waals surface area contributed by atoms with Gasteiger partial charge < -0.3 is 25.0 Å². The van der Waals surface area contributed by atoms with Crippen LogP contribution in [-0.2, 0) is 25.6 Å². The zero-order valence-electron chi connectivity index (χ0n) is 16.2. The zero-order chi connectivity index (χ0) is 20.8. The number of rotatable bonds is 7. The molecule has 0 unspecified atom stereocenters. The summed E-state index contributed by atoms with van der Waals surface area (Å²) >= 11 is 0. The average Bonchev–Trinajstić information content (AvgIpc) is 3.11. The monoisotopic (exact) mass is 401 g/mol. The summed E-state index contributed by atoms with van der Waals surface area (Å²) in [5.74, 6) is -1.02. The van der Waals surface area contributed by atoms with Crippen LogP contribution >= 0.6 is 0 Å². The van der Waals surface area contributed by atoms with Gasteiger partial charge in [0.15, 0.2) is 0 Å². The Morgan fingerprint density at radius 3 is 2.52 bits per heavy atom. The fraction of sp³-hybridized carbons (Fsp3) is 0.400.